The summed E-state index contributed by atoms with van der Waals surface area (Å²) in [7, 11) is 0. The zero-order valence-corrected chi connectivity index (χ0v) is 9.77. The number of hydrogen-bond donors (Lipinski definition) is 1. The third-order valence-electron chi connectivity index (χ3n) is 2.16. The summed E-state index contributed by atoms with van der Waals surface area (Å²) in [5.74, 6) is 0.203. The highest BCUT2D eigenvalue weighted by molar-refractivity contribution is 5.83. The molecule has 3 nitrogen and oxygen atoms in total. The van der Waals surface area contributed by atoms with Crippen molar-refractivity contribution in [3.63, 3.8) is 0 Å². The van der Waals surface area contributed by atoms with Crippen LogP contribution in [0, 0.1) is 0 Å². The summed E-state index contributed by atoms with van der Waals surface area (Å²) in [6.07, 6.45) is 11.0. The Morgan fingerprint density at radius 3 is 2.69 bits per heavy atom. The van der Waals surface area contributed by atoms with Crippen LogP contribution < -0.4 is 5.73 Å². The molecule has 84 valence electrons. The Morgan fingerprint density at radius 1 is 1.31 bits per heavy atom. The fourth-order valence-electron chi connectivity index (χ4n) is 1.41. The molecule has 0 radical (unpaired) electrons. The van der Waals surface area contributed by atoms with Gasteiger partial charge in [-0.25, -0.2) is 9.98 Å². The highest BCUT2D eigenvalue weighted by atomic mass is 15.0. The molecule has 0 spiro atoms. The van der Waals surface area contributed by atoms with Crippen LogP contribution >= 0.6 is 0 Å². The number of guanidine groups is 1. The van der Waals surface area contributed by atoms with Crippen LogP contribution in [0.15, 0.2) is 57.2 Å². The van der Waals surface area contributed by atoms with E-state index in [2.05, 4.69) is 22.8 Å². The van der Waals surface area contributed by atoms with Crippen molar-refractivity contribution in [3.05, 3.63) is 47.2 Å². The molecule has 0 aromatic carbocycles. The van der Waals surface area contributed by atoms with Crippen molar-refractivity contribution in [2.45, 2.75) is 20.3 Å². The lowest BCUT2D eigenvalue weighted by Crippen LogP contribution is -2.08. The van der Waals surface area contributed by atoms with Gasteiger partial charge in [-0.05, 0) is 32.6 Å². The number of nitrogens with zero attached hydrogens (tertiary/aromatic N) is 2. The number of allylic oxidation sites excluding steroid dienone is 7. The Kier molecular flexibility index (Phi) is 4.45. The van der Waals surface area contributed by atoms with E-state index in [4.69, 9.17) is 5.73 Å². The van der Waals surface area contributed by atoms with Crippen molar-refractivity contribution >= 4 is 12.7 Å². The van der Waals surface area contributed by atoms with Crippen molar-refractivity contribution in [1.29, 1.82) is 0 Å². The van der Waals surface area contributed by atoms with Crippen LogP contribution in [0.2, 0.25) is 0 Å². The fourth-order valence-corrected chi connectivity index (χ4v) is 1.41. The predicted molar refractivity (Wildman–Crippen MR) is 70.5 cm³/mol. The molecule has 0 unspecified atom stereocenters. The minimum atomic E-state index is 0.203. The van der Waals surface area contributed by atoms with E-state index in [-0.39, 0.29) is 5.96 Å². The van der Waals surface area contributed by atoms with Crippen LogP contribution in [0.4, 0.5) is 0 Å². The monoisotopic (exact) mass is 215 g/mol. The van der Waals surface area contributed by atoms with Gasteiger partial charge in [-0.2, -0.15) is 0 Å². The second-order valence-corrected chi connectivity index (χ2v) is 3.69. The van der Waals surface area contributed by atoms with Crippen LogP contribution in [-0.4, -0.2) is 12.7 Å². The van der Waals surface area contributed by atoms with Gasteiger partial charge in [0.1, 0.15) is 0 Å². The lowest BCUT2D eigenvalue weighted by Gasteiger charge is -2.07. The van der Waals surface area contributed by atoms with E-state index in [1.54, 1.807) is 0 Å². The van der Waals surface area contributed by atoms with Gasteiger partial charge in [0.15, 0.2) is 0 Å². The molecule has 0 saturated heterocycles. The summed E-state index contributed by atoms with van der Waals surface area (Å²) >= 11 is 0. The molecule has 0 bridgehead atoms. The SMILES string of the molecule is C=NC(N)=NC(C1=CC=CC=CC1)=C(C)C. The fraction of sp³-hybridized carbons (Fsp3) is 0.231. The Hall–Kier alpha value is -1.90. The Morgan fingerprint density at radius 2 is 2.06 bits per heavy atom. The summed E-state index contributed by atoms with van der Waals surface area (Å²) in [4.78, 5) is 7.88. The summed E-state index contributed by atoms with van der Waals surface area (Å²) < 4.78 is 0. The average molecular weight is 215 g/mol. The maximum Gasteiger partial charge on any atom is 0.219 e. The number of nitrogens with two attached hydrogens (primary N) is 1. The highest BCUT2D eigenvalue weighted by Crippen LogP contribution is 2.21. The second-order valence-electron chi connectivity index (χ2n) is 3.69. The van der Waals surface area contributed by atoms with Gasteiger partial charge in [0.25, 0.3) is 0 Å². The van der Waals surface area contributed by atoms with Crippen molar-refractivity contribution in [3.8, 4) is 0 Å². The van der Waals surface area contributed by atoms with E-state index in [1.807, 2.05) is 38.2 Å². The largest absolute Gasteiger partial charge is 0.368 e. The molecule has 3 heteroatoms. The zero-order valence-electron chi connectivity index (χ0n) is 9.77. The molecule has 0 amide bonds. The summed E-state index contributed by atoms with van der Waals surface area (Å²) in [6, 6.07) is 0. The lowest BCUT2D eigenvalue weighted by molar-refractivity contribution is 1.12. The third kappa shape index (κ3) is 3.35. The molecule has 0 aromatic rings. The van der Waals surface area contributed by atoms with Crippen molar-refractivity contribution < 1.29 is 0 Å². The molecule has 1 aliphatic rings. The molecule has 0 aromatic heterocycles. The van der Waals surface area contributed by atoms with Gasteiger partial charge in [0, 0.05) is 0 Å². The van der Waals surface area contributed by atoms with Gasteiger partial charge in [0.2, 0.25) is 5.96 Å². The molecule has 1 rings (SSSR count). The van der Waals surface area contributed by atoms with Gasteiger partial charge >= 0.3 is 0 Å². The van der Waals surface area contributed by atoms with E-state index in [1.165, 1.54) is 0 Å². The number of rotatable bonds is 2. The standard InChI is InChI=1S/C13H17N3/c1-10(2)12(16-13(14)15-3)11-8-6-4-5-7-9-11/h4-8H,3,9H2,1-2H3,(H2,14,16). The maximum atomic E-state index is 5.58. The quantitative estimate of drug-likeness (QED) is 0.559. The predicted octanol–water partition coefficient (Wildman–Crippen LogP) is 2.74. The average Bonchev–Trinajstić information content (AvgIpc) is 2.53. The minimum Gasteiger partial charge on any atom is -0.368 e. The first kappa shape index (κ1) is 12.2. The van der Waals surface area contributed by atoms with E-state index < -0.39 is 0 Å². The maximum absolute atomic E-state index is 5.58. The van der Waals surface area contributed by atoms with E-state index >= 15 is 0 Å². The van der Waals surface area contributed by atoms with Gasteiger partial charge in [0.05, 0.1) is 5.70 Å². The summed E-state index contributed by atoms with van der Waals surface area (Å²) in [6.45, 7) is 7.38. The first-order valence-corrected chi connectivity index (χ1v) is 5.16. The molecular weight excluding hydrogens is 198 g/mol. The van der Waals surface area contributed by atoms with Gasteiger partial charge in [-0.3, -0.25) is 0 Å². The molecule has 0 saturated carbocycles. The van der Waals surface area contributed by atoms with Gasteiger partial charge in [-0.15, -0.1) is 0 Å². The first-order valence-electron chi connectivity index (χ1n) is 5.16. The number of hydrogen-bond acceptors (Lipinski definition) is 1. The highest BCUT2D eigenvalue weighted by Gasteiger charge is 2.05. The molecule has 0 heterocycles. The second kappa shape index (κ2) is 5.85. The first-order chi connectivity index (χ1) is 7.65. The molecule has 0 fully saturated rings. The normalized spacial score (nSPS) is 15.4. The van der Waals surface area contributed by atoms with Crippen LogP contribution in [0.5, 0.6) is 0 Å². The van der Waals surface area contributed by atoms with Crippen molar-refractivity contribution in [1.82, 2.24) is 0 Å². The molecule has 0 atom stereocenters. The van der Waals surface area contributed by atoms with Crippen LogP contribution in [0.3, 0.4) is 0 Å². The molecular formula is C13H17N3. The number of aliphatic imine (C=N–C) groups is 2. The Bertz CT molecular complexity index is 416. The van der Waals surface area contributed by atoms with Crippen molar-refractivity contribution in [2.75, 3.05) is 0 Å². The summed E-state index contributed by atoms with van der Waals surface area (Å²) in [5, 5.41) is 0. The molecule has 0 aliphatic heterocycles. The smallest absolute Gasteiger partial charge is 0.219 e. The Labute approximate surface area is 96.5 Å². The van der Waals surface area contributed by atoms with Crippen LogP contribution in [-0.2, 0) is 0 Å². The third-order valence-corrected chi connectivity index (χ3v) is 2.16. The van der Waals surface area contributed by atoms with Crippen LogP contribution in [0.1, 0.15) is 20.3 Å². The zero-order chi connectivity index (χ0) is 12.0. The van der Waals surface area contributed by atoms with E-state index in [9.17, 15) is 0 Å². The topological polar surface area (TPSA) is 50.7 Å². The molecule has 2 N–H and O–H groups in total. The molecule has 1 aliphatic carbocycles. The van der Waals surface area contributed by atoms with E-state index in [0.29, 0.717) is 0 Å². The van der Waals surface area contributed by atoms with Gasteiger partial charge in [-0.1, -0.05) is 36.0 Å². The Balaban J connectivity index is 3.10. The molecule has 16 heavy (non-hydrogen) atoms. The van der Waals surface area contributed by atoms with E-state index in [0.717, 1.165) is 23.3 Å². The lowest BCUT2D eigenvalue weighted by atomic mass is 10.1. The minimum absolute atomic E-state index is 0.203. The van der Waals surface area contributed by atoms with Crippen molar-refractivity contribution in [2.24, 2.45) is 15.7 Å². The van der Waals surface area contributed by atoms with Gasteiger partial charge < -0.3 is 5.73 Å². The van der Waals surface area contributed by atoms with Crippen LogP contribution in [0.25, 0.3) is 0 Å². The summed E-state index contributed by atoms with van der Waals surface area (Å²) in [5.41, 5.74) is 8.72.